The molecule has 2 N–H and O–H groups in total. The third kappa shape index (κ3) is 3.84. The van der Waals surface area contributed by atoms with Crippen molar-refractivity contribution < 1.29 is 19.1 Å². The van der Waals surface area contributed by atoms with Crippen LogP contribution in [-0.2, 0) is 4.79 Å². The Bertz CT molecular complexity index is 1000. The minimum Gasteiger partial charge on any atom is -0.482 e. The lowest BCUT2D eigenvalue weighted by atomic mass is 10.1. The zero-order valence-corrected chi connectivity index (χ0v) is 15.9. The second kappa shape index (κ2) is 7.74. The number of amides is 2. The maximum absolute atomic E-state index is 12.7. The van der Waals surface area contributed by atoms with Crippen molar-refractivity contribution in [3.63, 3.8) is 0 Å². The standard InChI is InChI=1S/C21H18N2O4S/c1-13-19(27-17-9-3-2-8-16(17)26-13)21(25)23-15-7-4-6-14(12-15)22-20(24)18-10-5-11-28-18/h2-13,19H,1H3,(H,22,24)(H,23,25)/t13-,19-/m1/s1. The summed E-state index contributed by atoms with van der Waals surface area (Å²) in [6.45, 7) is 1.79. The number of para-hydroxylation sites is 2. The third-order valence-corrected chi connectivity index (χ3v) is 5.10. The Hall–Kier alpha value is -3.32. The number of benzene rings is 2. The molecule has 1 aliphatic heterocycles. The van der Waals surface area contributed by atoms with Gasteiger partial charge in [-0.05, 0) is 48.7 Å². The molecule has 2 heterocycles. The lowest BCUT2D eigenvalue weighted by Gasteiger charge is -2.31. The molecular weight excluding hydrogens is 376 g/mol. The Morgan fingerprint density at radius 2 is 1.61 bits per heavy atom. The summed E-state index contributed by atoms with van der Waals surface area (Å²) in [7, 11) is 0. The van der Waals surface area contributed by atoms with Crippen LogP contribution in [0.1, 0.15) is 16.6 Å². The number of nitrogens with one attached hydrogen (secondary N) is 2. The van der Waals surface area contributed by atoms with E-state index >= 15 is 0 Å². The second-order valence-corrected chi connectivity index (χ2v) is 7.26. The van der Waals surface area contributed by atoms with E-state index in [2.05, 4.69) is 10.6 Å². The molecule has 0 fully saturated rings. The lowest BCUT2D eigenvalue weighted by Crippen LogP contribution is -2.46. The van der Waals surface area contributed by atoms with Crippen molar-refractivity contribution in [1.29, 1.82) is 0 Å². The molecule has 2 aromatic carbocycles. The van der Waals surface area contributed by atoms with Crippen LogP contribution in [0.25, 0.3) is 0 Å². The molecule has 2 amide bonds. The van der Waals surface area contributed by atoms with Gasteiger partial charge in [0.05, 0.1) is 4.88 Å². The van der Waals surface area contributed by atoms with E-state index in [9.17, 15) is 9.59 Å². The van der Waals surface area contributed by atoms with Gasteiger partial charge in [0.15, 0.2) is 11.5 Å². The molecule has 142 valence electrons. The van der Waals surface area contributed by atoms with Crippen molar-refractivity contribution in [2.24, 2.45) is 0 Å². The number of carbonyl (C=O) groups excluding carboxylic acids is 2. The van der Waals surface area contributed by atoms with Crippen LogP contribution in [0, 0.1) is 0 Å². The predicted molar refractivity (Wildman–Crippen MR) is 108 cm³/mol. The van der Waals surface area contributed by atoms with Gasteiger partial charge >= 0.3 is 0 Å². The summed E-state index contributed by atoms with van der Waals surface area (Å²) in [6.07, 6.45) is -1.21. The monoisotopic (exact) mass is 394 g/mol. The molecule has 28 heavy (non-hydrogen) atoms. The van der Waals surface area contributed by atoms with Gasteiger partial charge in [-0.3, -0.25) is 9.59 Å². The van der Waals surface area contributed by atoms with Gasteiger partial charge in [-0.2, -0.15) is 0 Å². The third-order valence-electron chi connectivity index (χ3n) is 4.23. The van der Waals surface area contributed by atoms with Gasteiger partial charge in [0.1, 0.15) is 6.10 Å². The fourth-order valence-corrected chi connectivity index (χ4v) is 3.51. The first-order chi connectivity index (χ1) is 13.6. The summed E-state index contributed by atoms with van der Waals surface area (Å²) in [4.78, 5) is 25.5. The Kier molecular flexibility index (Phi) is 4.99. The van der Waals surface area contributed by atoms with Crippen LogP contribution in [0.15, 0.2) is 66.0 Å². The van der Waals surface area contributed by atoms with Crippen LogP contribution >= 0.6 is 11.3 Å². The largest absolute Gasteiger partial charge is 0.482 e. The first kappa shape index (κ1) is 18.1. The van der Waals surface area contributed by atoms with Crippen molar-refractivity contribution in [2.45, 2.75) is 19.1 Å². The summed E-state index contributed by atoms with van der Waals surface area (Å²) in [5, 5.41) is 7.50. The maximum Gasteiger partial charge on any atom is 0.269 e. The van der Waals surface area contributed by atoms with Gasteiger partial charge in [0, 0.05) is 11.4 Å². The van der Waals surface area contributed by atoms with Gasteiger partial charge < -0.3 is 20.1 Å². The number of ether oxygens (including phenoxy) is 2. The Labute approximate surface area is 166 Å². The highest BCUT2D eigenvalue weighted by Crippen LogP contribution is 2.33. The maximum atomic E-state index is 12.7. The van der Waals surface area contributed by atoms with E-state index in [1.807, 2.05) is 23.6 Å². The number of carbonyl (C=O) groups is 2. The normalized spacial score (nSPS) is 17.6. The van der Waals surface area contributed by atoms with Crippen molar-refractivity contribution in [3.05, 3.63) is 70.9 Å². The highest BCUT2D eigenvalue weighted by molar-refractivity contribution is 7.12. The van der Waals surface area contributed by atoms with Crippen LogP contribution in [0.4, 0.5) is 11.4 Å². The molecule has 2 atom stereocenters. The fraction of sp³-hybridized carbons (Fsp3) is 0.143. The van der Waals surface area contributed by atoms with E-state index in [1.165, 1.54) is 11.3 Å². The topological polar surface area (TPSA) is 76.7 Å². The van der Waals surface area contributed by atoms with E-state index in [0.29, 0.717) is 27.8 Å². The molecule has 0 saturated carbocycles. The molecule has 0 bridgehead atoms. The molecular formula is C21H18N2O4S. The van der Waals surface area contributed by atoms with Crippen LogP contribution in [0.5, 0.6) is 11.5 Å². The number of rotatable bonds is 4. The number of hydrogen-bond donors (Lipinski definition) is 2. The molecule has 6 nitrogen and oxygen atoms in total. The van der Waals surface area contributed by atoms with Crippen molar-refractivity contribution >= 4 is 34.5 Å². The molecule has 0 saturated heterocycles. The van der Waals surface area contributed by atoms with Crippen LogP contribution in [0.3, 0.4) is 0 Å². The zero-order chi connectivity index (χ0) is 19.5. The zero-order valence-electron chi connectivity index (χ0n) is 15.0. The lowest BCUT2D eigenvalue weighted by molar-refractivity contribution is -0.128. The molecule has 0 radical (unpaired) electrons. The molecule has 1 aliphatic rings. The summed E-state index contributed by atoms with van der Waals surface area (Å²) < 4.78 is 11.6. The quantitative estimate of drug-likeness (QED) is 0.696. The van der Waals surface area contributed by atoms with Crippen molar-refractivity contribution in [2.75, 3.05) is 10.6 Å². The van der Waals surface area contributed by atoms with Gasteiger partial charge in [-0.15, -0.1) is 11.3 Å². The molecule has 3 aromatic rings. The summed E-state index contributed by atoms with van der Waals surface area (Å²) in [5.41, 5.74) is 1.15. The van der Waals surface area contributed by atoms with Crippen LogP contribution in [0.2, 0.25) is 0 Å². The molecule has 0 spiro atoms. The van der Waals surface area contributed by atoms with Gasteiger partial charge in [0.25, 0.3) is 11.8 Å². The molecule has 4 rings (SSSR count). The highest BCUT2D eigenvalue weighted by Gasteiger charge is 2.34. The number of fused-ring (bicyclic) bond motifs is 1. The summed E-state index contributed by atoms with van der Waals surface area (Å²) >= 11 is 1.37. The van der Waals surface area contributed by atoms with Gasteiger partial charge in [0.2, 0.25) is 6.10 Å². The average Bonchev–Trinajstić information content (AvgIpc) is 3.22. The summed E-state index contributed by atoms with van der Waals surface area (Å²) in [5.74, 6) is 0.659. The van der Waals surface area contributed by atoms with Crippen molar-refractivity contribution in [1.82, 2.24) is 0 Å². The fourth-order valence-electron chi connectivity index (χ4n) is 2.89. The second-order valence-electron chi connectivity index (χ2n) is 6.31. The molecule has 0 aliphatic carbocycles. The SMILES string of the molecule is C[C@H]1Oc2ccccc2O[C@H]1C(=O)Nc1cccc(NC(=O)c2cccs2)c1. The van der Waals surface area contributed by atoms with E-state index in [4.69, 9.17) is 9.47 Å². The first-order valence-corrected chi connectivity index (χ1v) is 9.66. The van der Waals surface area contributed by atoms with Crippen LogP contribution < -0.4 is 20.1 Å². The summed E-state index contributed by atoms with van der Waals surface area (Å²) in [6, 6.07) is 17.8. The Morgan fingerprint density at radius 3 is 2.32 bits per heavy atom. The first-order valence-electron chi connectivity index (χ1n) is 8.78. The van der Waals surface area contributed by atoms with Gasteiger partial charge in [-0.1, -0.05) is 24.3 Å². The molecule has 1 aromatic heterocycles. The number of anilines is 2. The number of hydrogen-bond acceptors (Lipinski definition) is 5. The van der Waals surface area contributed by atoms with E-state index in [-0.39, 0.29) is 11.8 Å². The van der Waals surface area contributed by atoms with Crippen LogP contribution in [-0.4, -0.2) is 24.0 Å². The Balaban J connectivity index is 1.44. The van der Waals surface area contributed by atoms with E-state index in [0.717, 1.165) is 0 Å². The predicted octanol–water partition coefficient (Wildman–Crippen LogP) is 4.17. The molecule has 0 unspecified atom stereocenters. The minimum absolute atomic E-state index is 0.187. The van der Waals surface area contributed by atoms with Crippen molar-refractivity contribution in [3.8, 4) is 11.5 Å². The average molecular weight is 394 g/mol. The number of thiophene rings is 1. The highest BCUT2D eigenvalue weighted by atomic mass is 32.1. The minimum atomic E-state index is -0.778. The molecule has 7 heteroatoms. The smallest absolute Gasteiger partial charge is 0.269 e. The Morgan fingerprint density at radius 1 is 0.893 bits per heavy atom. The van der Waals surface area contributed by atoms with Gasteiger partial charge in [-0.25, -0.2) is 0 Å². The van der Waals surface area contributed by atoms with E-state index in [1.54, 1.807) is 49.4 Å². The van der Waals surface area contributed by atoms with E-state index < -0.39 is 12.2 Å².